The Morgan fingerprint density at radius 1 is 1.05 bits per heavy atom. The number of halogens is 1. The Hall–Kier alpha value is -4.77. The molecule has 4 N–H and O–H groups in total. The first-order valence-corrected chi connectivity index (χ1v) is 14.3. The summed E-state index contributed by atoms with van der Waals surface area (Å²) in [7, 11) is 0. The Morgan fingerprint density at radius 2 is 1.79 bits per heavy atom. The molecule has 6 rings (SSSR count). The van der Waals surface area contributed by atoms with Gasteiger partial charge in [-0.05, 0) is 74.0 Å². The van der Waals surface area contributed by atoms with E-state index in [4.69, 9.17) is 9.84 Å². The molecule has 1 spiro atoms. The molecule has 222 valence electrons. The van der Waals surface area contributed by atoms with E-state index in [1.165, 1.54) is 24.3 Å². The maximum Gasteiger partial charge on any atom is 0.412 e. The van der Waals surface area contributed by atoms with Crippen LogP contribution in [0.4, 0.5) is 25.4 Å². The van der Waals surface area contributed by atoms with Crippen molar-refractivity contribution in [1.29, 1.82) is 0 Å². The van der Waals surface area contributed by atoms with Gasteiger partial charge in [-0.3, -0.25) is 25.1 Å². The number of fused-ring (bicyclic) bond motifs is 2. The van der Waals surface area contributed by atoms with Crippen molar-refractivity contribution in [1.82, 2.24) is 10.2 Å². The van der Waals surface area contributed by atoms with Crippen molar-refractivity contribution in [3.63, 3.8) is 0 Å². The molecule has 0 bridgehead atoms. The van der Waals surface area contributed by atoms with E-state index in [9.17, 15) is 19.2 Å². The minimum Gasteiger partial charge on any atom is -0.465 e. The lowest BCUT2D eigenvalue weighted by molar-refractivity contribution is -0.0493. The van der Waals surface area contributed by atoms with Crippen molar-refractivity contribution in [2.45, 2.75) is 43.2 Å². The summed E-state index contributed by atoms with van der Waals surface area (Å²) in [4.78, 5) is 52.4. The quantitative estimate of drug-likeness (QED) is 0.262. The first kappa shape index (κ1) is 28.4. The lowest BCUT2D eigenvalue weighted by atomic mass is 9.81. The number of nitrogens with zero attached hydrogens (tertiary/aromatic N) is 1. The summed E-state index contributed by atoms with van der Waals surface area (Å²) in [5.74, 6) is -1.01. The molecule has 10 nitrogen and oxygen atoms in total. The summed E-state index contributed by atoms with van der Waals surface area (Å²) in [6.07, 6.45) is 0.968. The number of likely N-dealkylation sites (tertiary alicyclic amines) is 1. The first-order chi connectivity index (χ1) is 20.7. The molecule has 3 aromatic carbocycles. The van der Waals surface area contributed by atoms with Crippen LogP contribution in [0.15, 0.2) is 66.7 Å². The van der Waals surface area contributed by atoms with Crippen LogP contribution in [0.2, 0.25) is 0 Å². The molecule has 2 aliphatic heterocycles. The molecule has 1 saturated heterocycles. The number of carbonyl (C=O) groups excluding carboxylic acids is 3. The smallest absolute Gasteiger partial charge is 0.412 e. The molecule has 2 heterocycles. The molecule has 0 aromatic heterocycles. The van der Waals surface area contributed by atoms with Gasteiger partial charge in [-0.2, -0.15) is 0 Å². The van der Waals surface area contributed by atoms with Crippen molar-refractivity contribution < 1.29 is 33.4 Å². The summed E-state index contributed by atoms with van der Waals surface area (Å²) in [6, 6.07) is 17.0. The van der Waals surface area contributed by atoms with Crippen LogP contribution in [0.1, 0.15) is 63.4 Å². The normalized spacial score (nSPS) is 20.3. The molecule has 3 aliphatic rings. The zero-order valence-corrected chi connectivity index (χ0v) is 23.3. The van der Waals surface area contributed by atoms with Crippen LogP contribution in [0.25, 0.3) is 0 Å². The van der Waals surface area contributed by atoms with E-state index >= 15 is 4.39 Å². The number of amides is 3. The Kier molecular flexibility index (Phi) is 7.57. The van der Waals surface area contributed by atoms with E-state index in [1.807, 2.05) is 4.90 Å². The number of carboxylic acid groups (broad SMARTS) is 1. The summed E-state index contributed by atoms with van der Waals surface area (Å²) >= 11 is 0. The molecule has 3 amide bonds. The van der Waals surface area contributed by atoms with Crippen molar-refractivity contribution in [3.05, 3.63) is 94.8 Å². The van der Waals surface area contributed by atoms with E-state index in [0.29, 0.717) is 47.5 Å². The third-order valence-corrected chi connectivity index (χ3v) is 8.22. The largest absolute Gasteiger partial charge is 0.465 e. The summed E-state index contributed by atoms with van der Waals surface area (Å²) < 4.78 is 21.9. The average molecular weight is 587 g/mol. The van der Waals surface area contributed by atoms with Crippen LogP contribution in [-0.2, 0) is 10.3 Å². The van der Waals surface area contributed by atoms with E-state index in [0.717, 1.165) is 12.8 Å². The minimum atomic E-state index is -1.23. The van der Waals surface area contributed by atoms with Crippen molar-refractivity contribution in [3.8, 4) is 0 Å². The van der Waals surface area contributed by atoms with E-state index < -0.39 is 29.7 Å². The molecule has 2 fully saturated rings. The van der Waals surface area contributed by atoms with Gasteiger partial charge >= 0.3 is 12.2 Å². The molecule has 1 aliphatic carbocycles. The topological polar surface area (TPSA) is 137 Å². The van der Waals surface area contributed by atoms with Crippen LogP contribution in [0.5, 0.6) is 0 Å². The molecular weight excluding hydrogens is 555 g/mol. The van der Waals surface area contributed by atoms with Gasteiger partial charge in [0.2, 0.25) is 0 Å². The number of carbonyl (C=O) groups is 4. The van der Waals surface area contributed by atoms with Crippen LogP contribution in [0, 0.1) is 5.82 Å². The zero-order chi connectivity index (χ0) is 30.1. The van der Waals surface area contributed by atoms with Gasteiger partial charge in [-0.25, -0.2) is 14.0 Å². The second kappa shape index (κ2) is 11.5. The number of hydrogen-bond donors (Lipinski definition) is 4. The van der Waals surface area contributed by atoms with Crippen molar-refractivity contribution >= 4 is 35.3 Å². The molecule has 3 aromatic rings. The summed E-state index contributed by atoms with van der Waals surface area (Å²) in [5, 5.41) is 16.6. The zero-order valence-electron chi connectivity index (χ0n) is 23.3. The fraction of sp³-hybridized carbons (Fsp3) is 0.312. The van der Waals surface area contributed by atoms with Crippen LogP contribution >= 0.6 is 0 Å². The van der Waals surface area contributed by atoms with E-state index in [2.05, 4.69) is 16.0 Å². The highest BCUT2D eigenvalue weighted by atomic mass is 19.1. The predicted molar refractivity (Wildman–Crippen MR) is 156 cm³/mol. The van der Waals surface area contributed by atoms with Gasteiger partial charge in [0.1, 0.15) is 11.9 Å². The van der Waals surface area contributed by atoms with Gasteiger partial charge in [0.05, 0.1) is 11.3 Å². The molecular formula is C32H31FN4O6. The number of hydrogen-bond acceptors (Lipinski definition) is 6. The first-order valence-electron chi connectivity index (χ1n) is 14.3. The number of Topliss-reactive ketones (excluding diaryl/α,β-unsaturated/α-hetero) is 1. The summed E-state index contributed by atoms with van der Waals surface area (Å²) in [5.41, 5.74) is 1.09. The van der Waals surface area contributed by atoms with E-state index in [1.54, 1.807) is 42.5 Å². The molecule has 1 unspecified atom stereocenters. The second-order valence-electron chi connectivity index (χ2n) is 11.3. The number of anilines is 2. The Balaban J connectivity index is 1.27. The number of rotatable bonds is 8. The minimum absolute atomic E-state index is 0.101. The number of benzene rings is 3. The highest BCUT2D eigenvalue weighted by Gasteiger charge is 2.48. The Bertz CT molecular complexity index is 1580. The molecule has 0 radical (unpaired) electrons. The number of ether oxygens (including phenoxy) is 1. The van der Waals surface area contributed by atoms with Gasteiger partial charge in [0.25, 0.3) is 5.91 Å². The van der Waals surface area contributed by atoms with Crippen LogP contribution in [0.3, 0.4) is 0 Å². The lowest BCUT2D eigenvalue weighted by Gasteiger charge is -2.46. The molecule has 43 heavy (non-hydrogen) atoms. The highest BCUT2D eigenvalue weighted by molar-refractivity contribution is 6.04. The monoisotopic (exact) mass is 586 g/mol. The molecule has 11 heteroatoms. The van der Waals surface area contributed by atoms with Crippen LogP contribution < -0.4 is 16.0 Å². The highest BCUT2D eigenvalue weighted by Crippen LogP contribution is 2.48. The van der Waals surface area contributed by atoms with Gasteiger partial charge in [-0.15, -0.1) is 0 Å². The van der Waals surface area contributed by atoms with E-state index in [-0.39, 0.29) is 36.2 Å². The number of nitrogens with one attached hydrogen (secondary N) is 3. The lowest BCUT2D eigenvalue weighted by Crippen LogP contribution is -2.56. The maximum atomic E-state index is 16.0. The fourth-order valence-electron chi connectivity index (χ4n) is 6.09. The maximum absolute atomic E-state index is 16.0. The average Bonchev–Trinajstić information content (AvgIpc) is 3.82. The number of piperidine rings is 1. The van der Waals surface area contributed by atoms with Gasteiger partial charge in [0.15, 0.2) is 11.4 Å². The third kappa shape index (κ3) is 5.94. The van der Waals surface area contributed by atoms with Gasteiger partial charge in [0, 0.05) is 29.9 Å². The standard InChI is InChI=1S/C32H31FN4O6/c33-27-23(19-7-8-19)13-14-24-26(27)32(43-31(42)36-24)15-4-16-37(18-32)17-25(28(38)20-5-2-1-3-6-20)35-29(39)21-9-11-22(12-10-21)34-30(40)41/h1-3,5-6,9-14,19,25,34H,4,7-8,15-18H2,(H,35,39)(H,36,42)(H,40,41)/t25-,32?/m0/s1. The van der Waals surface area contributed by atoms with Crippen molar-refractivity contribution in [2.75, 3.05) is 30.3 Å². The Labute approximate surface area is 247 Å². The summed E-state index contributed by atoms with van der Waals surface area (Å²) in [6.45, 7) is 0.808. The van der Waals surface area contributed by atoms with Crippen LogP contribution in [-0.4, -0.2) is 59.6 Å². The second-order valence-corrected chi connectivity index (χ2v) is 11.3. The third-order valence-electron chi connectivity index (χ3n) is 8.22. The fourth-order valence-corrected chi connectivity index (χ4v) is 6.09. The van der Waals surface area contributed by atoms with Crippen molar-refractivity contribution in [2.24, 2.45) is 0 Å². The molecule has 1 saturated carbocycles. The predicted octanol–water partition coefficient (Wildman–Crippen LogP) is 5.33. The Morgan fingerprint density at radius 3 is 2.49 bits per heavy atom. The van der Waals surface area contributed by atoms with Gasteiger partial charge < -0.3 is 15.2 Å². The molecule has 2 atom stereocenters. The number of ketones is 1. The SMILES string of the molecule is O=C(O)Nc1ccc(C(=O)N[C@@H](CN2CCCC3(C2)OC(=O)Nc2ccc(C4CC4)c(F)c23)C(=O)c2ccccc2)cc1. The van der Waals surface area contributed by atoms with Gasteiger partial charge in [-0.1, -0.05) is 36.4 Å².